The van der Waals surface area contributed by atoms with Gasteiger partial charge < -0.3 is 24.8 Å². The van der Waals surface area contributed by atoms with Gasteiger partial charge in [-0.05, 0) is 24.6 Å². The molecule has 2 saturated heterocycles. The van der Waals surface area contributed by atoms with Gasteiger partial charge in [0, 0.05) is 59.1 Å². The summed E-state index contributed by atoms with van der Waals surface area (Å²) < 4.78 is 4.92. The van der Waals surface area contributed by atoms with Gasteiger partial charge in [0.05, 0.1) is 13.0 Å². The van der Waals surface area contributed by atoms with Gasteiger partial charge in [0.15, 0.2) is 5.96 Å². The van der Waals surface area contributed by atoms with Crippen molar-refractivity contribution in [1.29, 1.82) is 0 Å². The molecule has 0 amide bonds. The number of likely N-dealkylation sites (N-methyl/N-ethyl adjacent to an activating group) is 1. The maximum absolute atomic E-state index is 11.9. The van der Waals surface area contributed by atoms with Crippen LogP contribution in [0, 0.1) is 11.8 Å². The number of carbonyl (C=O) groups excluding carboxylic acids is 1. The Bertz CT molecular complexity index is 684. The third-order valence-electron chi connectivity index (χ3n) is 5.71. The second-order valence-corrected chi connectivity index (χ2v) is 7.73. The van der Waals surface area contributed by atoms with Crippen molar-refractivity contribution in [3.8, 4) is 0 Å². The first-order valence-corrected chi connectivity index (χ1v) is 9.93. The highest BCUT2D eigenvalue weighted by Gasteiger charge is 2.36. The Kier molecular flexibility index (Phi) is 6.72. The fourth-order valence-corrected chi connectivity index (χ4v) is 3.86. The molecule has 2 aliphatic heterocycles. The van der Waals surface area contributed by atoms with E-state index in [1.54, 1.807) is 7.05 Å². The first-order valence-electron chi connectivity index (χ1n) is 9.93. The van der Waals surface area contributed by atoms with Crippen LogP contribution < -0.4 is 10.2 Å². The molecular formula is C20H32N6O2. The second-order valence-electron chi connectivity index (χ2n) is 7.73. The van der Waals surface area contributed by atoms with Crippen LogP contribution in [0.4, 0.5) is 5.82 Å². The van der Waals surface area contributed by atoms with Crippen molar-refractivity contribution in [1.82, 2.24) is 20.1 Å². The normalized spacial score (nSPS) is 23.8. The number of hydrogen-bond donors (Lipinski definition) is 1. The van der Waals surface area contributed by atoms with Gasteiger partial charge in [-0.3, -0.25) is 9.79 Å². The van der Waals surface area contributed by atoms with E-state index in [2.05, 4.69) is 56.1 Å². The summed E-state index contributed by atoms with van der Waals surface area (Å²) in [5.74, 6) is 1.84. The third-order valence-corrected chi connectivity index (χ3v) is 5.71. The van der Waals surface area contributed by atoms with Crippen LogP contribution in [0.5, 0.6) is 0 Å². The number of esters is 1. The number of anilines is 1. The Labute approximate surface area is 167 Å². The van der Waals surface area contributed by atoms with Gasteiger partial charge in [-0.25, -0.2) is 4.98 Å². The molecule has 8 nitrogen and oxygen atoms in total. The number of guanidine groups is 1. The lowest BCUT2D eigenvalue weighted by atomic mass is 9.99. The Morgan fingerprint density at radius 1 is 1.29 bits per heavy atom. The van der Waals surface area contributed by atoms with E-state index in [0.29, 0.717) is 13.1 Å². The lowest BCUT2D eigenvalue weighted by Crippen LogP contribution is -2.44. The van der Waals surface area contributed by atoms with Gasteiger partial charge in [0.1, 0.15) is 5.82 Å². The average molecular weight is 389 g/mol. The smallest absolute Gasteiger partial charge is 0.310 e. The number of hydrogen-bond acceptors (Lipinski definition) is 6. The highest BCUT2D eigenvalue weighted by Crippen LogP contribution is 2.24. The van der Waals surface area contributed by atoms with E-state index in [0.717, 1.165) is 50.1 Å². The molecule has 28 heavy (non-hydrogen) atoms. The van der Waals surface area contributed by atoms with E-state index in [-0.39, 0.29) is 17.8 Å². The lowest BCUT2D eigenvalue weighted by Gasteiger charge is -2.33. The van der Waals surface area contributed by atoms with Crippen molar-refractivity contribution in [2.75, 3.05) is 65.4 Å². The number of carbonyl (C=O) groups is 1. The number of rotatable bonds is 4. The predicted molar refractivity (Wildman–Crippen MR) is 110 cm³/mol. The molecule has 0 aliphatic carbocycles. The van der Waals surface area contributed by atoms with Gasteiger partial charge in [-0.2, -0.15) is 0 Å². The summed E-state index contributed by atoms with van der Waals surface area (Å²) in [5.41, 5.74) is 1.11. The van der Waals surface area contributed by atoms with E-state index in [9.17, 15) is 4.79 Å². The summed E-state index contributed by atoms with van der Waals surface area (Å²) >= 11 is 0. The number of methoxy groups -OCH3 is 1. The van der Waals surface area contributed by atoms with Crippen molar-refractivity contribution in [2.24, 2.45) is 16.8 Å². The van der Waals surface area contributed by atoms with Crippen LogP contribution >= 0.6 is 0 Å². The van der Waals surface area contributed by atoms with Crippen LogP contribution in [0.3, 0.4) is 0 Å². The van der Waals surface area contributed by atoms with Crippen LogP contribution in [0.15, 0.2) is 23.3 Å². The van der Waals surface area contributed by atoms with Crippen LogP contribution in [-0.2, 0) is 16.1 Å². The number of aromatic nitrogens is 1. The molecule has 2 aliphatic rings. The minimum absolute atomic E-state index is 0.104. The molecule has 3 rings (SSSR count). The van der Waals surface area contributed by atoms with Gasteiger partial charge >= 0.3 is 5.97 Å². The molecule has 2 atom stereocenters. The second kappa shape index (κ2) is 9.23. The summed E-state index contributed by atoms with van der Waals surface area (Å²) in [6, 6.07) is 4.21. The van der Waals surface area contributed by atoms with Crippen LogP contribution in [0.2, 0.25) is 0 Å². The molecule has 1 aromatic heterocycles. The Balaban J connectivity index is 1.53. The SMILES string of the molecule is CN=C(NCc1ccc(N2CCN(C)CC2)nc1)N1CC(C)C(C(=O)OC)C1. The van der Waals surface area contributed by atoms with E-state index in [4.69, 9.17) is 4.74 Å². The Hall–Kier alpha value is -2.35. The summed E-state index contributed by atoms with van der Waals surface area (Å²) in [6.45, 7) is 8.33. The first-order chi connectivity index (χ1) is 13.5. The molecule has 0 bridgehead atoms. The molecule has 2 fully saturated rings. The molecular weight excluding hydrogens is 356 g/mol. The molecule has 2 unspecified atom stereocenters. The van der Waals surface area contributed by atoms with Crippen LogP contribution in [-0.4, -0.2) is 87.2 Å². The minimum atomic E-state index is -0.144. The fourth-order valence-electron chi connectivity index (χ4n) is 3.86. The summed E-state index contributed by atoms with van der Waals surface area (Å²) in [6.07, 6.45) is 1.93. The van der Waals surface area contributed by atoms with Gasteiger partial charge in [-0.15, -0.1) is 0 Å². The van der Waals surface area contributed by atoms with Crippen LogP contribution in [0.1, 0.15) is 12.5 Å². The van der Waals surface area contributed by atoms with Crippen LogP contribution in [0.25, 0.3) is 0 Å². The van der Waals surface area contributed by atoms with E-state index < -0.39 is 0 Å². The van der Waals surface area contributed by atoms with Crippen molar-refractivity contribution < 1.29 is 9.53 Å². The Morgan fingerprint density at radius 3 is 2.64 bits per heavy atom. The summed E-state index contributed by atoms with van der Waals surface area (Å²) in [4.78, 5) is 27.7. The lowest BCUT2D eigenvalue weighted by molar-refractivity contribution is -0.145. The monoisotopic (exact) mass is 388 g/mol. The van der Waals surface area contributed by atoms with Gasteiger partial charge in [0.25, 0.3) is 0 Å². The van der Waals surface area contributed by atoms with Crippen molar-refractivity contribution in [3.05, 3.63) is 23.9 Å². The first kappa shape index (κ1) is 20.4. The highest BCUT2D eigenvalue weighted by atomic mass is 16.5. The number of pyridine rings is 1. The van der Waals surface area contributed by atoms with Crippen molar-refractivity contribution in [2.45, 2.75) is 13.5 Å². The minimum Gasteiger partial charge on any atom is -0.469 e. The molecule has 1 aromatic rings. The highest BCUT2D eigenvalue weighted by molar-refractivity contribution is 5.82. The number of likely N-dealkylation sites (tertiary alicyclic amines) is 1. The van der Waals surface area contributed by atoms with Gasteiger partial charge in [-0.1, -0.05) is 13.0 Å². The van der Waals surface area contributed by atoms with Gasteiger partial charge in [0.2, 0.25) is 0 Å². The summed E-state index contributed by atoms with van der Waals surface area (Å²) in [7, 11) is 5.37. The summed E-state index contributed by atoms with van der Waals surface area (Å²) in [5, 5.41) is 3.39. The predicted octanol–water partition coefficient (Wildman–Crippen LogP) is 0.650. The number of nitrogens with one attached hydrogen (secondary N) is 1. The van der Waals surface area contributed by atoms with Crippen molar-refractivity contribution in [3.63, 3.8) is 0 Å². The molecule has 0 spiro atoms. The zero-order valence-electron chi connectivity index (χ0n) is 17.4. The van der Waals surface area contributed by atoms with E-state index in [1.807, 2.05) is 6.20 Å². The Morgan fingerprint density at radius 2 is 2.04 bits per heavy atom. The maximum atomic E-state index is 11.9. The quantitative estimate of drug-likeness (QED) is 0.461. The van der Waals surface area contributed by atoms with E-state index >= 15 is 0 Å². The number of ether oxygens (including phenoxy) is 1. The largest absolute Gasteiger partial charge is 0.469 e. The standard InChI is InChI=1S/C20H32N6O2/c1-15-13-26(14-17(15)19(27)28-4)20(21-2)23-12-16-5-6-18(22-11-16)25-9-7-24(3)8-10-25/h5-6,11,15,17H,7-10,12-14H2,1-4H3,(H,21,23). The zero-order valence-corrected chi connectivity index (χ0v) is 17.4. The molecule has 0 aromatic carbocycles. The van der Waals surface area contributed by atoms with Crippen molar-refractivity contribution >= 4 is 17.7 Å². The number of aliphatic imine (C=N–C) groups is 1. The molecule has 8 heteroatoms. The number of nitrogens with zero attached hydrogens (tertiary/aromatic N) is 5. The van der Waals surface area contributed by atoms with E-state index in [1.165, 1.54) is 7.11 Å². The molecule has 0 saturated carbocycles. The fraction of sp³-hybridized carbons (Fsp3) is 0.650. The molecule has 154 valence electrons. The number of piperazine rings is 1. The topological polar surface area (TPSA) is 73.3 Å². The third kappa shape index (κ3) is 4.73. The molecule has 3 heterocycles. The molecule has 0 radical (unpaired) electrons. The maximum Gasteiger partial charge on any atom is 0.310 e. The average Bonchev–Trinajstić information content (AvgIpc) is 3.10. The molecule has 1 N–H and O–H groups in total. The zero-order chi connectivity index (χ0) is 20.1.